The van der Waals surface area contributed by atoms with Gasteiger partial charge in [0.05, 0.1) is 0 Å². The highest BCUT2D eigenvalue weighted by molar-refractivity contribution is 4.95. The van der Waals surface area contributed by atoms with Crippen LogP contribution < -0.4 is 0 Å². The Bertz CT molecular complexity index is 139. The van der Waals surface area contributed by atoms with E-state index in [-0.39, 0.29) is 0 Å². The van der Waals surface area contributed by atoms with Gasteiger partial charge in [-0.05, 0) is 12.1 Å². The highest BCUT2D eigenvalue weighted by atomic mass is 13.6. The molecule has 0 spiro atoms. The minimum atomic E-state index is 1.82. The molecule has 1 aromatic carbocycles. The van der Waals surface area contributed by atoms with Crippen LogP contribution in [0.15, 0.2) is 48.5 Å². The predicted octanol–water partition coefficient (Wildman–Crippen LogP) is 2.41. The maximum Gasteiger partial charge on any atom is -0.0115 e. The molecule has 0 N–H and O–H groups in total. The maximum atomic E-state index is 2.85. The second kappa shape index (κ2) is 4.40. The minimum Gasteiger partial charge on any atom is -0.0702 e. The molecular weight excluding hydrogens is 120 g/mol. The van der Waals surface area contributed by atoms with Crippen molar-refractivity contribution in [2.75, 3.05) is 0 Å². The fourth-order valence-electron chi connectivity index (χ4n) is 0.560. The zero-order chi connectivity index (χ0) is 7.07. The van der Waals surface area contributed by atoms with Crippen molar-refractivity contribution in [2.24, 2.45) is 0 Å². The molecule has 0 fully saturated rings. The van der Waals surface area contributed by atoms with Gasteiger partial charge in [0, 0.05) is 0 Å². The molecular formula is C10H8. The summed E-state index contributed by atoms with van der Waals surface area (Å²) in [5, 5.41) is 0. The Hall–Kier alpha value is -1.48. The van der Waals surface area contributed by atoms with Gasteiger partial charge in [-0.2, -0.15) is 0 Å². The van der Waals surface area contributed by atoms with E-state index in [1.807, 2.05) is 48.5 Å². The van der Waals surface area contributed by atoms with Crippen molar-refractivity contribution < 1.29 is 0 Å². The van der Waals surface area contributed by atoms with Gasteiger partial charge in [-0.15, -0.1) is 0 Å². The molecule has 0 unspecified atom stereocenters. The van der Waals surface area contributed by atoms with Gasteiger partial charge in [0.1, 0.15) is 0 Å². The van der Waals surface area contributed by atoms with Gasteiger partial charge in [-0.25, -0.2) is 0 Å². The van der Waals surface area contributed by atoms with Crippen LogP contribution in [-0.4, -0.2) is 0 Å². The highest BCUT2D eigenvalue weighted by Gasteiger charge is 1.55. The third kappa shape index (κ3) is 2.74. The largest absolute Gasteiger partial charge is 0.0702 e. The average molecular weight is 128 g/mol. The van der Waals surface area contributed by atoms with Crippen molar-refractivity contribution in [3.8, 4) is 0 Å². The van der Waals surface area contributed by atoms with Crippen molar-refractivity contribution in [3.05, 3.63) is 60.7 Å². The van der Waals surface area contributed by atoms with Gasteiger partial charge >= 0.3 is 0 Å². The van der Waals surface area contributed by atoms with Crippen LogP contribution in [0.5, 0.6) is 0 Å². The molecule has 0 bridgehead atoms. The quantitative estimate of drug-likeness (QED) is 0.503. The highest BCUT2D eigenvalue weighted by Crippen LogP contribution is 1.76. The first-order chi connectivity index (χ1) is 5.00. The van der Waals surface area contributed by atoms with Crippen LogP contribution in [0.4, 0.5) is 0 Å². The molecule has 0 aliphatic rings. The van der Waals surface area contributed by atoms with E-state index in [4.69, 9.17) is 0 Å². The second-order valence-electron chi connectivity index (χ2n) is 1.78. The smallest absolute Gasteiger partial charge is 0.0115 e. The Morgan fingerprint density at radius 2 is 0.900 bits per heavy atom. The third-order valence-corrected chi connectivity index (χ3v) is 0.998. The zero-order valence-electron chi connectivity index (χ0n) is 5.62. The first-order valence-corrected chi connectivity index (χ1v) is 3.16. The number of hydrogen-bond acceptors (Lipinski definition) is 0. The van der Waals surface area contributed by atoms with Crippen molar-refractivity contribution in [1.82, 2.24) is 0 Å². The normalized spacial score (nSPS) is 7.20. The lowest BCUT2D eigenvalue weighted by Crippen LogP contribution is -1.45. The summed E-state index contributed by atoms with van der Waals surface area (Å²) < 4.78 is 0. The van der Waals surface area contributed by atoms with E-state index in [1.165, 1.54) is 0 Å². The molecule has 0 saturated carbocycles. The Labute approximate surface area is 61.5 Å². The van der Waals surface area contributed by atoms with E-state index in [1.54, 1.807) is 0 Å². The van der Waals surface area contributed by atoms with E-state index in [2.05, 4.69) is 12.1 Å². The van der Waals surface area contributed by atoms with Gasteiger partial charge in [0.25, 0.3) is 0 Å². The van der Waals surface area contributed by atoms with E-state index in [0.29, 0.717) is 0 Å². The predicted molar refractivity (Wildman–Crippen MR) is 41.7 cm³/mol. The summed E-state index contributed by atoms with van der Waals surface area (Å²) in [5.74, 6) is 0. The lowest BCUT2D eigenvalue weighted by Gasteiger charge is -1.65. The van der Waals surface area contributed by atoms with Crippen molar-refractivity contribution >= 4 is 0 Å². The summed E-state index contributed by atoms with van der Waals surface area (Å²) in [6, 6.07) is 21.0. The molecule has 0 amide bonds. The fourth-order valence-corrected chi connectivity index (χ4v) is 0.560. The lowest BCUT2D eigenvalue weighted by molar-refractivity contribution is 1.74. The Kier molecular flexibility index (Phi) is 2.92. The van der Waals surface area contributed by atoms with E-state index < -0.39 is 0 Å². The monoisotopic (exact) mass is 128 g/mol. The molecule has 0 heteroatoms. The molecule has 0 aromatic heterocycles. The topological polar surface area (TPSA) is 0 Å². The fraction of sp³-hybridized carbons (Fsp3) is 0. The van der Waals surface area contributed by atoms with E-state index >= 15 is 0 Å². The second-order valence-corrected chi connectivity index (χ2v) is 1.78. The summed E-state index contributed by atoms with van der Waals surface area (Å²) in [6.45, 7) is 0. The van der Waals surface area contributed by atoms with E-state index in [0.717, 1.165) is 0 Å². The average Bonchev–Trinajstić information content (AvgIpc) is 2.01. The van der Waals surface area contributed by atoms with Gasteiger partial charge in [-0.3, -0.25) is 0 Å². The van der Waals surface area contributed by atoms with Crippen LogP contribution >= 0.6 is 0 Å². The summed E-state index contributed by atoms with van der Waals surface area (Å²) in [6.07, 6.45) is 0. The third-order valence-electron chi connectivity index (χ3n) is 0.998. The van der Waals surface area contributed by atoms with Crippen LogP contribution in [0.1, 0.15) is 0 Å². The van der Waals surface area contributed by atoms with Crippen LogP contribution in [0.3, 0.4) is 0 Å². The molecule has 0 saturated heterocycles. The molecule has 10 heavy (non-hydrogen) atoms. The molecule has 0 aliphatic heterocycles. The Morgan fingerprint density at radius 1 is 0.500 bits per heavy atom. The van der Waals surface area contributed by atoms with Gasteiger partial charge < -0.3 is 0 Å². The van der Waals surface area contributed by atoms with Gasteiger partial charge in [-0.1, -0.05) is 48.5 Å². The standard InChI is InChI=1S/C10H8/c1-2-4-6-8-10-9-7-5-3-1/h1-8H. The van der Waals surface area contributed by atoms with Crippen molar-refractivity contribution in [1.29, 1.82) is 0 Å². The summed E-state index contributed by atoms with van der Waals surface area (Å²) in [7, 11) is 0. The molecule has 1 aromatic rings. The van der Waals surface area contributed by atoms with Gasteiger partial charge in [0.15, 0.2) is 0 Å². The zero-order valence-corrected chi connectivity index (χ0v) is 5.62. The molecule has 1 rings (SSSR count). The Balaban J connectivity index is 3.00. The molecule has 0 heterocycles. The maximum absolute atomic E-state index is 2.85. The summed E-state index contributed by atoms with van der Waals surface area (Å²) in [5.41, 5.74) is 0. The molecule has 0 nitrogen and oxygen atoms in total. The molecule has 0 radical (unpaired) electrons. The lowest BCUT2D eigenvalue weighted by atomic mass is 10.4. The minimum absolute atomic E-state index is 1.82. The van der Waals surface area contributed by atoms with Crippen LogP contribution in [0.25, 0.3) is 0 Å². The first kappa shape index (κ1) is 6.64. The van der Waals surface area contributed by atoms with Crippen molar-refractivity contribution in [2.45, 2.75) is 0 Å². The Morgan fingerprint density at radius 3 is 1.40 bits per heavy atom. The van der Waals surface area contributed by atoms with Crippen molar-refractivity contribution in [3.63, 3.8) is 0 Å². The van der Waals surface area contributed by atoms with Crippen LogP contribution in [0.2, 0.25) is 0 Å². The van der Waals surface area contributed by atoms with Crippen LogP contribution in [0, 0.1) is 12.1 Å². The number of hydrogen-bond donors (Lipinski definition) is 0. The first-order valence-electron chi connectivity index (χ1n) is 3.16. The summed E-state index contributed by atoms with van der Waals surface area (Å²) in [4.78, 5) is 0. The van der Waals surface area contributed by atoms with Crippen LogP contribution in [-0.2, 0) is 0 Å². The van der Waals surface area contributed by atoms with Gasteiger partial charge in [0.2, 0.25) is 0 Å². The summed E-state index contributed by atoms with van der Waals surface area (Å²) >= 11 is 0. The number of rotatable bonds is 0. The SMILES string of the molecule is c1ccccccccc#1. The van der Waals surface area contributed by atoms with E-state index in [9.17, 15) is 0 Å². The molecule has 48 valence electrons. The molecule has 0 atom stereocenters. The molecule has 0 aliphatic carbocycles.